The number of nitrogens with zero attached hydrogens (tertiary/aromatic N) is 4. The van der Waals surface area contributed by atoms with Gasteiger partial charge in [-0.25, -0.2) is 4.98 Å². The van der Waals surface area contributed by atoms with Crippen molar-refractivity contribution in [3.63, 3.8) is 0 Å². The van der Waals surface area contributed by atoms with Gasteiger partial charge in [0.1, 0.15) is 6.10 Å². The minimum Gasteiger partial charge on any atom is -0.472 e. The average Bonchev–Trinajstić information content (AvgIpc) is 3.22. The van der Waals surface area contributed by atoms with Crippen molar-refractivity contribution < 1.29 is 4.74 Å². The molecule has 2 aliphatic heterocycles. The summed E-state index contributed by atoms with van der Waals surface area (Å²) in [6, 6.07) is 6.36. The van der Waals surface area contributed by atoms with E-state index in [1.165, 1.54) is 19.4 Å². The summed E-state index contributed by atoms with van der Waals surface area (Å²) in [5.74, 6) is 1.73. The average molecular weight is 459 g/mol. The van der Waals surface area contributed by atoms with Crippen LogP contribution >= 0.6 is 24.0 Å². The summed E-state index contributed by atoms with van der Waals surface area (Å²) in [7, 11) is 2.20. The van der Waals surface area contributed by atoms with E-state index in [0.717, 1.165) is 38.6 Å². The van der Waals surface area contributed by atoms with E-state index in [2.05, 4.69) is 34.1 Å². The number of likely N-dealkylation sites (N-methyl/N-ethyl adjacent to an activating group) is 1. The number of aliphatic imine (C=N–C) groups is 1. The Balaban J connectivity index is 0.00000225. The fourth-order valence-electron chi connectivity index (χ4n) is 3.43. The second kappa shape index (κ2) is 10.2. The lowest BCUT2D eigenvalue weighted by molar-refractivity contribution is 0.205. The molecule has 2 saturated heterocycles. The topological polar surface area (TPSA) is 53.0 Å². The standard InChI is InChI=1S/C18H29N5O.HI/c1-3-19-18(21-13-15-7-6-11-22(15)2)23-12-9-16(14-23)24-17-8-4-5-10-20-17;/h4-5,8,10,15-16H,3,6-7,9,11-14H2,1-2H3,(H,19,21);1H. The van der Waals surface area contributed by atoms with Crippen molar-refractivity contribution in [2.75, 3.05) is 39.8 Å². The monoisotopic (exact) mass is 459 g/mol. The third-order valence-electron chi connectivity index (χ3n) is 4.83. The van der Waals surface area contributed by atoms with Gasteiger partial charge in [0.25, 0.3) is 0 Å². The molecule has 0 radical (unpaired) electrons. The Hall–Kier alpha value is -1.09. The molecule has 25 heavy (non-hydrogen) atoms. The van der Waals surface area contributed by atoms with Crippen LogP contribution in [0, 0.1) is 0 Å². The molecule has 2 fully saturated rings. The maximum absolute atomic E-state index is 5.99. The van der Waals surface area contributed by atoms with Crippen LogP contribution < -0.4 is 10.1 Å². The molecule has 2 atom stereocenters. The van der Waals surface area contributed by atoms with Gasteiger partial charge in [-0.15, -0.1) is 24.0 Å². The number of hydrogen-bond donors (Lipinski definition) is 1. The molecule has 0 aliphatic carbocycles. The summed E-state index contributed by atoms with van der Waals surface area (Å²) < 4.78 is 5.99. The zero-order valence-corrected chi connectivity index (χ0v) is 17.6. The zero-order valence-electron chi connectivity index (χ0n) is 15.2. The molecule has 2 unspecified atom stereocenters. The van der Waals surface area contributed by atoms with Crippen molar-refractivity contribution >= 4 is 29.9 Å². The summed E-state index contributed by atoms with van der Waals surface area (Å²) >= 11 is 0. The molecule has 0 spiro atoms. The lowest BCUT2D eigenvalue weighted by Gasteiger charge is -2.23. The summed E-state index contributed by atoms with van der Waals surface area (Å²) in [4.78, 5) is 13.9. The quantitative estimate of drug-likeness (QED) is 0.416. The van der Waals surface area contributed by atoms with Crippen molar-refractivity contribution in [3.05, 3.63) is 24.4 Å². The Labute approximate surface area is 168 Å². The second-order valence-electron chi connectivity index (χ2n) is 6.61. The molecule has 0 saturated carbocycles. The highest BCUT2D eigenvalue weighted by molar-refractivity contribution is 14.0. The molecule has 6 nitrogen and oxygen atoms in total. The highest BCUT2D eigenvalue weighted by Gasteiger charge is 2.27. The molecule has 0 aromatic carbocycles. The summed E-state index contributed by atoms with van der Waals surface area (Å²) in [6.45, 7) is 6.92. The van der Waals surface area contributed by atoms with Crippen LogP contribution in [0.1, 0.15) is 26.2 Å². The van der Waals surface area contributed by atoms with Crippen LogP contribution in [0.15, 0.2) is 29.4 Å². The Bertz CT molecular complexity index is 542. The first-order chi connectivity index (χ1) is 11.8. The number of likely N-dealkylation sites (tertiary alicyclic amines) is 2. The highest BCUT2D eigenvalue weighted by Crippen LogP contribution is 2.18. The van der Waals surface area contributed by atoms with Gasteiger partial charge < -0.3 is 19.9 Å². The van der Waals surface area contributed by atoms with Crippen LogP contribution in [0.25, 0.3) is 0 Å². The molecular formula is C18H30IN5O. The first-order valence-corrected chi connectivity index (χ1v) is 9.07. The zero-order chi connectivity index (χ0) is 16.8. The van der Waals surface area contributed by atoms with Gasteiger partial charge in [0.05, 0.1) is 13.1 Å². The SMILES string of the molecule is CCNC(=NCC1CCCN1C)N1CCC(Oc2ccccn2)C1.I. The van der Waals surface area contributed by atoms with Crippen LogP contribution in [0.4, 0.5) is 0 Å². The van der Waals surface area contributed by atoms with Gasteiger partial charge in [0.2, 0.25) is 5.88 Å². The Kier molecular flexibility index (Phi) is 8.21. The van der Waals surface area contributed by atoms with Crippen LogP contribution in [0.3, 0.4) is 0 Å². The predicted molar refractivity (Wildman–Crippen MR) is 112 cm³/mol. The predicted octanol–water partition coefficient (Wildman–Crippen LogP) is 2.21. The molecule has 0 amide bonds. The van der Waals surface area contributed by atoms with Gasteiger partial charge in [-0.1, -0.05) is 6.07 Å². The summed E-state index contributed by atoms with van der Waals surface area (Å²) in [5, 5.41) is 3.43. The van der Waals surface area contributed by atoms with E-state index < -0.39 is 0 Å². The first kappa shape index (κ1) is 20.2. The van der Waals surface area contributed by atoms with Crippen LogP contribution in [0.2, 0.25) is 0 Å². The van der Waals surface area contributed by atoms with Gasteiger partial charge in [-0.3, -0.25) is 4.99 Å². The molecular weight excluding hydrogens is 429 g/mol. The van der Waals surface area contributed by atoms with Crippen molar-refractivity contribution in [1.82, 2.24) is 20.1 Å². The molecule has 1 N–H and O–H groups in total. The fraction of sp³-hybridized carbons (Fsp3) is 0.667. The molecule has 3 heterocycles. The van der Waals surface area contributed by atoms with Gasteiger partial charge in [-0.05, 0) is 39.4 Å². The van der Waals surface area contributed by atoms with Crippen molar-refractivity contribution in [2.45, 2.75) is 38.3 Å². The summed E-state index contributed by atoms with van der Waals surface area (Å²) in [6.07, 6.45) is 5.50. The third-order valence-corrected chi connectivity index (χ3v) is 4.83. The molecule has 140 valence electrons. The molecule has 3 rings (SSSR count). The van der Waals surface area contributed by atoms with Gasteiger partial charge in [0.15, 0.2) is 5.96 Å². The van der Waals surface area contributed by atoms with Crippen LogP contribution in [-0.4, -0.2) is 72.7 Å². The Morgan fingerprint density at radius 2 is 2.24 bits per heavy atom. The van der Waals surface area contributed by atoms with Crippen molar-refractivity contribution in [2.24, 2.45) is 4.99 Å². The largest absolute Gasteiger partial charge is 0.472 e. The van der Waals surface area contributed by atoms with Crippen molar-refractivity contribution in [3.8, 4) is 5.88 Å². The van der Waals surface area contributed by atoms with E-state index in [1.54, 1.807) is 6.20 Å². The minimum atomic E-state index is 0. The highest BCUT2D eigenvalue weighted by atomic mass is 127. The molecule has 0 bridgehead atoms. The van der Waals surface area contributed by atoms with Gasteiger partial charge >= 0.3 is 0 Å². The lowest BCUT2D eigenvalue weighted by Crippen LogP contribution is -2.42. The number of nitrogens with one attached hydrogen (secondary N) is 1. The van der Waals surface area contributed by atoms with Crippen LogP contribution in [-0.2, 0) is 0 Å². The number of halogens is 1. The first-order valence-electron chi connectivity index (χ1n) is 9.07. The molecule has 2 aliphatic rings. The number of ether oxygens (including phenoxy) is 1. The van der Waals surface area contributed by atoms with Crippen molar-refractivity contribution in [1.29, 1.82) is 0 Å². The number of rotatable bonds is 5. The van der Waals surface area contributed by atoms with E-state index >= 15 is 0 Å². The minimum absolute atomic E-state index is 0. The second-order valence-corrected chi connectivity index (χ2v) is 6.61. The van der Waals surface area contributed by atoms with E-state index in [9.17, 15) is 0 Å². The van der Waals surface area contributed by atoms with E-state index in [0.29, 0.717) is 11.9 Å². The maximum atomic E-state index is 5.99. The maximum Gasteiger partial charge on any atom is 0.213 e. The summed E-state index contributed by atoms with van der Waals surface area (Å²) in [5.41, 5.74) is 0. The molecule has 1 aromatic heterocycles. The van der Waals surface area contributed by atoms with E-state index in [4.69, 9.17) is 9.73 Å². The molecule has 7 heteroatoms. The number of hydrogen-bond acceptors (Lipinski definition) is 4. The van der Waals surface area contributed by atoms with E-state index in [1.807, 2.05) is 18.2 Å². The third kappa shape index (κ3) is 5.70. The lowest BCUT2D eigenvalue weighted by atomic mass is 10.2. The van der Waals surface area contributed by atoms with Crippen LogP contribution in [0.5, 0.6) is 5.88 Å². The number of aromatic nitrogens is 1. The normalized spacial score (nSPS) is 24.2. The Morgan fingerprint density at radius 1 is 1.36 bits per heavy atom. The number of guanidine groups is 1. The van der Waals surface area contributed by atoms with Gasteiger partial charge in [-0.2, -0.15) is 0 Å². The smallest absolute Gasteiger partial charge is 0.213 e. The van der Waals surface area contributed by atoms with Gasteiger partial charge in [0, 0.05) is 37.8 Å². The molecule has 1 aromatic rings. The number of pyridine rings is 1. The fourth-order valence-corrected chi connectivity index (χ4v) is 3.43. The van der Waals surface area contributed by atoms with E-state index in [-0.39, 0.29) is 30.1 Å². The Morgan fingerprint density at radius 3 is 2.92 bits per heavy atom.